The number of rotatable bonds is 6. The molecule has 3 aromatic rings. The zero-order valence-electron chi connectivity index (χ0n) is 14.9. The van der Waals surface area contributed by atoms with Crippen molar-refractivity contribution >= 4 is 23.1 Å². The number of aryl methyl sites for hydroxylation is 2. The van der Waals surface area contributed by atoms with Gasteiger partial charge in [-0.3, -0.25) is 4.79 Å². The minimum absolute atomic E-state index is 0.152. The van der Waals surface area contributed by atoms with E-state index in [1.54, 1.807) is 19.5 Å². The Morgan fingerprint density at radius 2 is 1.96 bits per heavy atom. The molecule has 0 saturated heterocycles. The van der Waals surface area contributed by atoms with E-state index in [4.69, 9.17) is 4.74 Å². The van der Waals surface area contributed by atoms with Crippen LogP contribution in [0.2, 0.25) is 0 Å². The highest BCUT2D eigenvalue weighted by atomic mass is 32.1. The van der Waals surface area contributed by atoms with Gasteiger partial charge in [0.25, 0.3) is 5.91 Å². The van der Waals surface area contributed by atoms with E-state index < -0.39 is 0 Å². The first-order valence-electron chi connectivity index (χ1n) is 8.31. The molecule has 0 unspecified atom stereocenters. The number of hydrogen-bond acceptors (Lipinski definition) is 6. The molecule has 0 atom stereocenters. The minimum Gasteiger partial charge on any atom is -0.494 e. The van der Waals surface area contributed by atoms with Gasteiger partial charge in [-0.1, -0.05) is 25.1 Å². The Hall–Kier alpha value is -2.80. The van der Waals surface area contributed by atoms with Crippen LogP contribution < -0.4 is 10.1 Å². The van der Waals surface area contributed by atoms with Crippen molar-refractivity contribution in [1.29, 1.82) is 0 Å². The van der Waals surface area contributed by atoms with Gasteiger partial charge in [0.05, 0.1) is 30.8 Å². The highest BCUT2D eigenvalue weighted by molar-refractivity contribution is 7.06. The summed E-state index contributed by atoms with van der Waals surface area (Å²) in [5, 5.41) is 3.02. The van der Waals surface area contributed by atoms with Crippen molar-refractivity contribution < 1.29 is 9.53 Å². The Bertz CT molecular complexity index is 906. The molecular formula is C19H20N4O2S. The third kappa shape index (κ3) is 3.88. The molecule has 0 saturated carbocycles. The summed E-state index contributed by atoms with van der Waals surface area (Å²) in [4.78, 5) is 22.3. The Balaban J connectivity index is 1.83. The molecule has 0 spiro atoms. The number of nitrogens with zero attached hydrogens (tertiary/aromatic N) is 3. The maximum atomic E-state index is 12.9. The lowest BCUT2D eigenvalue weighted by molar-refractivity contribution is 0.102. The van der Waals surface area contributed by atoms with Crippen LogP contribution in [-0.2, 0) is 12.8 Å². The number of para-hydroxylation sites is 1. The van der Waals surface area contributed by atoms with Gasteiger partial charge in [-0.2, -0.15) is 4.37 Å². The quantitative estimate of drug-likeness (QED) is 0.718. The van der Waals surface area contributed by atoms with E-state index in [9.17, 15) is 4.79 Å². The highest BCUT2D eigenvalue weighted by Crippen LogP contribution is 2.24. The summed E-state index contributed by atoms with van der Waals surface area (Å²) in [6.45, 7) is 3.91. The van der Waals surface area contributed by atoms with E-state index in [0.29, 0.717) is 29.3 Å². The molecule has 7 heteroatoms. The molecule has 1 aromatic carbocycles. The molecule has 0 bridgehead atoms. The average Bonchev–Trinajstić information content (AvgIpc) is 3.03. The van der Waals surface area contributed by atoms with Crippen LogP contribution in [0.1, 0.15) is 39.2 Å². The van der Waals surface area contributed by atoms with Crippen LogP contribution in [0.4, 0.5) is 5.69 Å². The molecule has 26 heavy (non-hydrogen) atoms. The van der Waals surface area contributed by atoms with E-state index in [2.05, 4.69) is 26.6 Å². The number of nitrogens with one attached hydrogen (secondary N) is 1. The van der Waals surface area contributed by atoms with E-state index in [1.165, 1.54) is 11.5 Å². The summed E-state index contributed by atoms with van der Waals surface area (Å²) >= 11 is 1.31. The molecule has 0 aliphatic heterocycles. The summed E-state index contributed by atoms with van der Waals surface area (Å²) < 4.78 is 9.43. The first-order chi connectivity index (χ1) is 12.6. The molecule has 0 fully saturated rings. The second-order valence-corrected chi connectivity index (χ2v) is 6.60. The maximum absolute atomic E-state index is 12.9. The summed E-state index contributed by atoms with van der Waals surface area (Å²) in [5.74, 6) is 1.07. The van der Waals surface area contributed by atoms with Gasteiger partial charge in [0.2, 0.25) is 0 Å². The van der Waals surface area contributed by atoms with E-state index in [1.807, 2.05) is 31.2 Å². The van der Waals surface area contributed by atoms with E-state index in [-0.39, 0.29) is 5.91 Å². The second-order valence-electron chi connectivity index (χ2n) is 5.75. The second kappa shape index (κ2) is 8.05. The normalized spacial score (nSPS) is 10.6. The van der Waals surface area contributed by atoms with E-state index >= 15 is 0 Å². The molecule has 2 heterocycles. The number of benzene rings is 1. The third-order valence-corrected chi connectivity index (χ3v) is 4.98. The van der Waals surface area contributed by atoms with Crippen LogP contribution in [0.3, 0.4) is 0 Å². The molecule has 6 nitrogen and oxygen atoms in total. The van der Waals surface area contributed by atoms with Crippen LogP contribution in [0.5, 0.6) is 5.75 Å². The average molecular weight is 368 g/mol. The van der Waals surface area contributed by atoms with Crippen molar-refractivity contribution in [2.75, 3.05) is 12.4 Å². The number of methoxy groups -OCH3 is 1. The van der Waals surface area contributed by atoms with Gasteiger partial charge in [0.15, 0.2) is 5.75 Å². The monoisotopic (exact) mass is 368 g/mol. The summed E-state index contributed by atoms with van der Waals surface area (Å²) in [7, 11) is 1.57. The van der Waals surface area contributed by atoms with Gasteiger partial charge in [-0.15, -0.1) is 0 Å². The van der Waals surface area contributed by atoms with Gasteiger partial charge >= 0.3 is 0 Å². The van der Waals surface area contributed by atoms with Crippen molar-refractivity contribution in [2.24, 2.45) is 0 Å². The molecule has 1 N–H and O–H groups in total. The largest absolute Gasteiger partial charge is 0.494 e. The molecule has 0 aliphatic rings. The van der Waals surface area contributed by atoms with Crippen LogP contribution >= 0.6 is 11.5 Å². The predicted octanol–water partition coefficient (Wildman–Crippen LogP) is 3.66. The summed E-state index contributed by atoms with van der Waals surface area (Å²) in [5.41, 5.74) is 3.24. The van der Waals surface area contributed by atoms with Gasteiger partial charge in [-0.05, 0) is 36.5 Å². The standard InChI is InChI=1S/C19H20N4O2S/c1-4-13-7-5-6-8-15(13)22-19(24)18-12(2)23-26-16(18)9-17-20-10-14(25-3)11-21-17/h5-8,10-11H,4,9H2,1-3H3,(H,22,24). The van der Waals surface area contributed by atoms with E-state index in [0.717, 1.165) is 22.5 Å². The molecule has 2 aromatic heterocycles. The Kier molecular flexibility index (Phi) is 5.58. The van der Waals surface area contributed by atoms with Crippen LogP contribution in [0, 0.1) is 6.92 Å². The van der Waals surface area contributed by atoms with Gasteiger partial charge in [0, 0.05) is 17.0 Å². The van der Waals surface area contributed by atoms with Crippen LogP contribution in [0.25, 0.3) is 0 Å². The lowest BCUT2D eigenvalue weighted by Gasteiger charge is -2.10. The van der Waals surface area contributed by atoms with Crippen molar-refractivity contribution in [3.05, 3.63) is 64.2 Å². The van der Waals surface area contributed by atoms with Gasteiger partial charge in [0.1, 0.15) is 5.82 Å². The smallest absolute Gasteiger partial charge is 0.258 e. The number of hydrogen-bond donors (Lipinski definition) is 1. The molecule has 1 amide bonds. The van der Waals surface area contributed by atoms with Crippen LogP contribution in [0.15, 0.2) is 36.7 Å². The number of amides is 1. The summed E-state index contributed by atoms with van der Waals surface area (Å²) in [6, 6.07) is 7.82. The lowest BCUT2D eigenvalue weighted by Crippen LogP contribution is -2.15. The fourth-order valence-electron chi connectivity index (χ4n) is 2.65. The van der Waals surface area contributed by atoms with Crippen molar-refractivity contribution in [2.45, 2.75) is 26.7 Å². The molecule has 0 aliphatic carbocycles. The number of carbonyl (C=O) groups is 1. The number of anilines is 1. The zero-order chi connectivity index (χ0) is 18.5. The predicted molar refractivity (Wildman–Crippen MR) is 102 cm³/mol. The topological polar surface area (TPSA) is 77.0 Å². The van der Waals surface area contributed by atoms with Crippen molar-refractivity contribution in [3.63, 3.8) is 0 Å². The van der Waals surface area contributed by atoms with Crippen LogP contribution in [-0.4, -0.2) is 27.4 Å². The fourth-order valence-corrected chi connectivity index (χ4v) is 3.51. The molecule has 0 radical (unpaired) electrons. The number of ether oxygens (including phenoxy) is 1. The first-order valence-corrected chi connectivity index (χ1v) is 9.09. The number of aromatic nitrogens is 3. The molecule has 3 rings (SSSR count). The van der Waals surface area contributed by atoms with Gasteiger partial charge in [-0.25, -0.2) is 9.97 Å². The highest BCUT2D eigenvalue weighted by Gasteiger charge is 2.20. The Morgan fingerprint density at radius 1 is 1.23 bits per heavy atom. The lowest BCUT2D eigenvalue weighted by atomic mass is 10.1. The summed E-state index contributed by atoms with van der Waals surface area (Å²) in [6.07, 6.45) is 4.54. The van der Waals surface area contributed by atoms with Crippen molar-refractivity contribution in [1.82, 2.24) is 14.3 Å². The fraction of sp³-hybridized carbons (Fsp3) is 0.263. The van der Waals surface area contributed by atoms with Crippen molar-refractivity contribution in [3.8, 4) is 5.75 Å². The Morgan fingerprint density at radius 3 is 2.65 bits per heavy atom. The van der Waals surface area contributed by atoms with Gasteiger partial charge < -0.3 is 10.1 Å². The zero-order valence-corrected chi connectivity index (χ0v) is 15.8. The number of carbonyl (C=O) groups excluding carboxylic acids is 1. The Labute approximate surface area is 156 Å². The molecular weight excluding hydrogens is 348 g/mol. The molecule has 134 valence electrons. The SMILES string of the molecule is CCc1ccccc1NC(=O)c1c(C)nsc1Cc1ncc(OC)cn1. The maximum Gasteiger partial charge on any atom is 0.258 e. The third-order valence-electron chi connectivity index (χ3n) is 4.04. The minimum atomic E-state index is -0.152. The first kappa shape index (κ1) is 18.0.